The molecule has 3 rings (SSSR count). The summed E-state index contributed by atoms with van der Waals surface area (Å²) in [5, 5.41) is 0. The van der Waals surface area contributed by atoms with Gasteiger partial charge in [0, 0.05) is 0 Å². The van der Waals surface area contributed by atoms with E-state index in [1.54, 1.807) is 7.11 Å². The summed E-state index contributed by atoms with van der Waals surface area (Å²) in [6, 6.07) is 0. The lowest BCUT2D eigenvalue weighted by Crippen LogP contribution is -2.56. The molecule has 6 atom stereocenters. The van der Waals surface area contributed by atoms with Crippen LogP contribution in [0.2, 0.25) is 0 Å². The molecule has 3 aliphatic carbocycles. The Morgan fingerprint density at radius 2 is 1.83 bits per heavy atom. The molecule has 0 unspecified atom stereocenters. The molecule has 3 saturated carbocycles. The van der Waals surface area contributed by atoms with Gasteiger partial charge in [0.05, 0.1) is 12.5 Å². The van der Waals surface area contributed by atoms with Crippen LogP contribution < -0.4 is 0 Å². The van der Waals surface area contributed by atoms with Crippen molar-refractivity contribution in [3.63, 3.8) is 0 Å². The van der Waals surface area contributed by atoms with Crippen LogP contribution in [-0.2, 0) is 9.53 Å². The molecule has 0 amide bonds. The van der Waals surface area contributed by atoms with Crippen molar-refractivity contribution in [1.29, 1.82) is 0 Å². The van der Waals surface area contributed by atoms with E-state index in [4.69, 9.17) is 4.74 Å². The zero-order valence-electron chi connectivity index (χ0n) is 15.9. The molecule has 0 aromatic carbocycles. The molecule has 0 aliphatic heterocycles. The van der Waals surface area contributed by atoms with Gasteiger partial charge in [0.25, 0.3) is 0 Å². The highest BCUT2D eigenvalue weighted by Crippen LogP contribution is 2.65. The Kier molecular flexibility index (Phi) is 4.34. The fourth-order valence-electron chi connectivity index (χ4n) is 6.97. The maximum Gasteiger partial charge on any atom is 0.311 e. The van der Waals surface area contributed by atoms with Gasteiger partial charge in [-0.1, -0.05) is 33.6 Å². The summed E-state index contributed by atoms with van der Waals surface area (Å²) in [7, 11) is 1.57. The maximum atomic E-state index is 12.6. The quantitative estimate of drug-likeness (QED) is 0.619. The van der Waals surface area contributed by atoms with Crippen molar-refractivity contribution < 1.29 is 9.53 Å². The summed E-state index contributed by atoms with van der Waals surface area (Å²) in [6.07, 6.45) is 11.5. The summed E-state index contributed by atoms with van der Waals surface area (Å²) < 4.78 is 5.23. The van der Waals surface area contributed by atoms with Gasteiger partial charge < -0.3 is 4.74 Å². The Hall–Kier alpha value is -0.530. The van der Waals surface area contributed by atoms with Gasteiger partial charge in [0.2, 0.25) is 0 Å². The van der Waals surface area contributed by atoms with E-state index in [1.165, 1.54) is 51.4 Å². The van der Waals surface area contributed by atoms with E-state index in [0.717, 1.165) is 18.3 Å². The lowest BCUT2D eigenvalue weighted by atomic mass is 9.43. The number of ether oxygens (including phenoxy) is 1. The maximum absolute atomic E-state index is 12.6. The molecule has 0 radical (unpaired) electrons. The van der Waals surface area contributed by atoms with E-state index >= 15 is 0 Å². The summed E-state index contributed by atoms with van der Waals surface area (Å²) in [5.41, 5.74) is 0.655. The van der Waals surface area contributed by atoms with E-state index < -0.39 is 0 Å². The molecular weight excluding hydrogens is 284 g/mol. The first kappa shape index (κ1) is 17.3. The van der Waals surface area contributed by atoms with Gasteiger partial charge in [-0.2, -0.15) is 0 Å². The number of methoxy groups -OCH3 is 1. The molecule has 23 heavy (non-hydrogen) atoms. The Labute approximate surface area is 142 Å². The number of carbonyl (C=O) groups is 1. The molecule has 0 N–H and O–H groups in total. The van der Waals surface area contributed by atoms with Crippen molar-refractivity contribution in [3.05, 3.63) is 0 Å². The van der Waals surface area contributed by atoms with Gasteiger partial charge in [-0.3, -0.25) is 4.79 Å². The topological polar surface area (TPSA) is 26.3 Å². The second kappa shape index (κ2) is 5.77. The van der Waals surface area contributed by atoms with Gasteiger partial charge in [-0.25, -0.2) is 0 Å². The number of hydrogen-bond donors (Lipinski definition) is 0. The molecule has 2 heteroatoms. The standard InChI is InChI=1S/C21H36O2/c1-6-19(2)13-10-16-15(14-19)8-9-17-20(16,3)11-7-12-21(17,4)18(22)23-5/h15-17H,6-14H2,1-5H3/t15-,16-,17+,19+,20+,21+/m0/s1. The Morgan fingerprint density at radius 1 is 1.09 bits per heavy atom. The third kappa shape index (κ3) is 2.55. The zero-order valence-corrected chi connectivity index (χ0v) is 15.9. The molecule has 0 aromatic heterocycles. The second-order valence-electron chi connectivity index (χ2n) is 9.67. The van der Waals surface area contributed by atoms with Crippen LogP contribution in [0.15, 0.2) is 0 Å². The first-order chi connectivity index (χ1) is 10.8. The summed E-state index contributed by atoms with van der Waals surface area (Å²) >= 11 is 0. The predicted molar refractivity (Wildman–Crippen MR) is 94.0 cm³/mol. The number of fused-ring (bicyclic) bond motifs is 3. The van der Waals surface area contributed by atoms with Gasteiger partial charge in [0.15, 0.2) is 0 Å². The minimum absolute atomic E-state index is 0.0427. The molecule has 0 spiro atoms. The van der Waals surface area contributed by atoms with Gasteiger partial charge in [-0.15, -0.1) is 0 Å². The van der Waals surface area contributed by atoms with Crippen LogP contribution in [0.25, 0.3) is 0 Å². The first-order valence-electron chi connectivity index (χ1n) is 9.87. The van der Waals surface area contributed by atoms with Crippen LogP contribution in [0.5, 0.6) is 0 Å². The molecule has 2 nitrogen and oxygen atoms in total. The van der Waals surface area contributed by atoms with Crippen LogP contribution in [-0.4, -0.2) is 13.1 Å². The molecule has 0 heterocycles. The molecule has 3 fully saturated rings. The van der Waals surface area contributed by atoms with Crippen molar-refractivity contribution in [2.45, 2.75) is 85.5 Å². The Bertz CT molecular complexity index is 472. The van der Waals surface area contributed by atoms with Gasteiger partial charge in [0.1, 0.15) is 0 Å². The fourth-order valence-corrected chi connectivity index (χ4v) is 6.97. The van der Waals surface area contributed by atoms with Crippen molar-refractivity contribution in [1.82, 2.24) is 0 Å². The van der Waals surface area contributed by atoms with Crippen LogP contribution in [0.3, 0.4) is 0 Å². The largest absolute Gasteiger partial charge is 0.469 e. The molecule has 3 aliphatic rings. The average Bonchev–Trinajstić information content (AvgIpc) is 2.53. The molecule has 0 aromatic rings. The second-order valence-corrected chi connectivity index (χ2v) is 9.67. The normalized spacial score (nSPS) is 49.9. The molecule has 132 valence electrons. The van der Waals surface area contributed by atoms with Crippen molar-refractivity contribution in [2.24, 2.45) is 34.0 Å². The third-order valence-corrected chi connectivity index (χ3v) is 8.54. The lowest BCUT2D eigenvalue weighted by Gasteiger charge is -2.61. The lowest BCUT2D eigenvalue weighted by molar-refractivity contribution is -0.177. The summed E-state index contributed by atoms with van der Waals surface area (Å²) in [4.78, 5) is 12.6. The van der Waals surface area contributed by atoms with Crippen molar-refractivity contribution >= 4 is 5.97 Å². The number of esters is 1. The van der Waals surface area contributed by atoms with Crippen LogP contribution in [0, 0.1) is 34.0 Å². The highest BCUT2D eigenvalue weighted by Gasteiger charge is 2.60. The molecule has 0 saturated heterocycles. The van der Waals surface area contributed by atoms with Crippen LogP contribution in [0.1, 0.15) is 85.5 Å². The molecule has 0 bridgehead atoms. The fraction of sp³-hybridized carbons (Fsp3) is 0.952. The third-order valence-electron chi connectivity index (χ3n) is 8.54. The predicted octanol–water partition coefficient (Wildman–Crippen LogP) is 5.60. The minimum Gasteiger partial charge on any atom is -0.469 e. The summed E-state index contributed by atoms with van der Waals surface area (Å²) in [5.74, 6) is 2.27. The monoisotopic (exact) mass is 320 g/mol. The van der Waals surface area contributed by atoms with E-state index in [9.17, 15) is 4.79 Å². The summed E-state index contributed by atoms with van der Waals surface area (Å²) in [6.45, 7) is 9.57. The zero-order chi connectivity index (χ0) is 16.9. The highest BCUT2D eigenvalue weighted by molar-refractivity contribution is 5.77. The van der Waals surface area contributed by atoms with Gasteiger partial charge >= 0.3 is 5.97 Å². The number of carbonyl (C=O) groups excluding carboxylic acids is 1. The van der Waals surface area contributed by atoms with Gasteiger partial charge in [-0.05, 0) is 80.5 Å². The minimum atomic E-state index is -0.252. The number of hydrogen-bond acceptors (Lipinski definition) is 2. The Balaban J connectivity index is 1.88. The van der Waals surface area contributed by atoms with Crippen molar-refractivity contribution in [2.75, 3.05) is 7.11 Å². The van der Waals surface area contributed by atoms with Crippen LogP contribution >= 0.6 is 0 Å². The van der Waals surface area contributed by atoms with Crippen LogP contribution in [0.4, 0.5) is 0 Å². The SMILES string of the molecule is CC[C@]1(C)CC[C@H]2[C@@H](CC[C@@H]3[C@]2(C)CCC[C@@]3(C)C(=O)OC)C1. The van der Waals surface area contributed by atoms with E-state index in [-0.39, 0.29) is 11.4 Å². The van der Waals surface area contributed by atoms with Crippen molar-refractivity contribution in [3.8, 4) is 0 Å². The van der Waals surface area contributed by atoms with E-state index in [0.29, 0.717) is 16.7 Å². The van der Waals surface area contributed by atoms with E-state index in [1.807, 2.05) is 0 Å². The number of rotatable bonds is 2. The van der Waals surface area contributed by atoms with E-state index in [2.05, 4.69) is 27.7 Å². The Morgan fingerprint density at radius 3 is 2.48 bits per heavy atom. The average molecular weight is 321 g/mol. The highest BCUT2D eigenvalue weighted by atomic mass is 16.5. The first-order valence-corrected chi connectivity index (χ1v) is 9.87. The smallest absolute Gasteiger partial charge is 0.311 e. The molecular formula is C21H36O2.